The highest BCUT2D eigenvalue weighted by molar-refractivity contribution is 6.30. The third-order valence-electron chi connectivity index (χ3n) is 3.57. The van der Waals surface area contributed by atoms with E-state index in [9.17, 15) is 18.0 Å². The van der Waals surface area contributed by atoms with Gasteiger partial charge in [0.2, 0.25) is 0 Å². The topological polar surface area (TPSA) is 95.9 Å². The maximum absolute atomic E-state index is 10.6. The van der Waals surface area contributed by atoms with Crippen molar-refractivity contribution in [1.82, 2.24) is 5.32 Å². The first-order valence-electron chi connectivity index (χ1n) is 8.76. The summed E-state index contributed by atoms with van der Waals surface area (Å²) in [4.78, 5) is 19.3. The fourth-order valence-electron chi connectivity index (χ4n) is 2.09. The molecule has 0 aromatic heterocycles. The largest absolute Gasteiger partial charge is 0.490 e. The molecule has 0 aliphatic heterocycles. The highest BCUT2D eigenvalue weighted by Crippen LogP contribution is 2.17. The predicted octanol–water partition coefficient (Wildman–Crippen LogP) is 4.16. The van der Waals surface area contributed by atoms with Gasteiger partial charge in [-0.05, 0) is 48.4 Å². The number of rotatable bonds is 9. The molecule has 30 heavy (non-hydrogen) atoms. The Morgan fingerprint density at radius 3 is 2.20 bits per heavy atom. The lowest BCUT2D eigenvalue weighted by Gasteiger charge is -2.09. The van der Waals surface area contributed by atoms with E-state index in [-0.39, 0.29) is 6.42 Å². The summed E-state index contributed by atoms with van der Waals surface area (Å²) in [5.74, 6) is -2.72. The molecule has 0 unspecified atom stereocenters. The number of ether oxygens (including phenoxy) is 1. The maximum atomic E-state index is 10.6. The minimum atomic E-state index is -5.08. The highest BCUT2D eigenvalue weighted by Gasteiger charge is 2.38. The average Bonchev–Trinajstić information content (AvgIpc) is 2.67. The third kappa shape index (κ3) is 11.3. The zero-order chi connectivity index (χ0) is 22.6. The van der Waals surface area contributed by atoms with Crippen molar-refractivity contribution in [1.29, 1.82) is 0 Å². The van der Waals surface area contributed by atoms with Crippen LogP contribution in [0.2, 0.25) is 5.02 Å². The van der Waals surface area contributed by atoms with Crippen molar-refractivity contribution in [3.63, 3.8) is 0 Å². The molecule has 2 aromatic rings. The summed E-state index contributed by atoms with van der Waals surface area (Å²) < 4.78 is 37.5. The lowest BCUT2D eigenvalue weighted by atomic mass is 10.1. The SMILES string of the molecule is O=C(O)C(F)(F)F.O=C(O)CCNCCc1cccc(OCc2ccc(Cl)cc2)c1. The summed E-state index contributed by atoms with van der Waals surface area (Å²) in [5.41, 5.74) is 2.22. The molecule has 0 aliphatic carbocycles. The van der Waals surface area contributed by atoms with Crippen molar-refractivity contribution >= 4 is 23.5 Å². The Labute approximate surface area is 176 Å². The number of halogens is 4. The number of hydrogen-bond acceptors (Lipinski definition) is 4. The number of carboxylic acid groups (broad SMARTS) is 2. The van der Waals surface area contributed by atoms with Crippen molar-refractivity contribution in [2.45, 2.75) is 25.6 Å². The van der Waals surface area contributed by atoms with Gasteiger partial charge in [-0.2, -0.15) is 13.2 Å². The van der Waals surface area contributed by atoms with Crippen LogP contribution in [0, 0.1) is 0 Å². The molecule has 10 heteroatoms. The van der Waals surface area contributed by atoms with Crippen molar-refractivity contribution in [3.8, 4) is 5.75 Å². The first-order chi connectivity index (χ1) is 14.1. The Morgan fingerprint density at radius 2 is 1.63 bits per heavy atom. The molecule has 2 rings (SSSR count). The number of nitrogens with one attached hydrogen (secondary N) is 1. The van der Waals surface area contributed by atoms with E-state index in [2.05, 4.69) is 5.32 Å². The molecule has 0 saturated heterocycles. The number of carboxylic acids is 2. The van der Waals surface area contributed by atoms with Crippen molar-refractivity contribution in [3.05, 3.63) is 64.7 Å². The molecule has 0 heterocycles. The van der Waals surface area contributed by atoms with Gasteiger partial charge in [-0.25, -0.2) is 4.79 Å². The molecular weight excluding hydrogens is 427 g/mol. The van der Waals surface area contributed by atoms with Gasteiger partial charge in [0.15, 0.2) is 0 Å². The van der Waals surface area contributed by atoms with Crippen LogP contribution in [0.1, 0.15) is 17.5 Å². The number of carbonyl (C=O) groups is 2. The second kappa shape index (κ2) is 12.7. The minimum absolute atomic E-state index is 0.143. The molecule has 0 atom stereocenters. The van der Waals surface area contributed by atoms with Gasteiger partial charge in [0, 0.05) is 11.6 Å². The molecule has 0 amide bonds. The van der Waals surface area contributed by atoms with E-state index in [0.717, 1.165) is 29.8 Å². The fourth-order valence-corrected chi connectivity index (χ4v) is 2.22. The van der Waals surface area contributed by atoms with Crippen molar-refractivity contribution in [2.24, 2.45) is 0 Å². The third-order valence-corrected chi connectivity index (χ3v) is 3.82. The quantitative estimate of drug-likeness (QED) is 0.499. The zero-order valence-corrected chi connectivity index (χ0v) is 16.5. The van der Waals surface area contributed by atoms with Crippen LogP contribution in [-0.2, 0) is 22.6 Å². The second-order valence-electron chi connectivity index (χ2n) is 6.01. The van der Waals surface area contributed by atoms with Crippen LogP contribution in [0.4, 0.5) is 13.2 Å². The molecule has 0 fully saturated rings. The van der Waals surface area contributed by atoms with Crippen LogP contribution in [0.3, 0.4) is 0 Å². The van der Waals surface area contributed by atoms with E-state index >= 15 is 0 Å². The Morgan fingerprint density at radius 1 is 1.00 bits per heavy atom. The predicted molar refractivity (Wildman–Crippen MR) is 105 cm³/mol. The summed E-state index contributed by atoms with van der Waals surface area (Å²) in [6, 6.07) is 15.5. The van der Waals surface area contributed by atoms with E-state index < -0.39 is 18.1 Å². The molecular formula is C20H21ClF3NO5. The van der Waals surface area contributed by atoms with Crippen LogP contribution in [0.5, 0.6) is 5.75 Å². The van der Waals surface area contributed by atoms with E-state index in [1.807, 2.05) is 48.5 Å². The van der Waals surface area contributed by atoms with Crippen molar-refractivity contribution < 1.29 is 37.7 Å². The Hall–Kier alpha value is -2.78. The lowest BCUT2D eigenvalue weighted by molar-refractivity contribution is -0.192. The molecule has 0 aliphatic rings. The number of aliphatic carboxylic acids is 2. The van der Waals surface area contributed by atoms with E-state index in [4.69, 9.17) is 31.3 Å². The monoisotopic (exact) mass is 447 g/mol. The molecule has 0 bridgehead atoms. The molecule has 2 aromatic carbocycles. The van der Waals surface area contributed by atoms with Crippen LogP contribution in [0.25, 0.3) is 0 Å². The maximum Gasteiger partial charge on any atom is 0.490 e. The Balaban J connectivity index is 0.000000553. The molecule has 0 saturated carbocycles. The number of benzene rings is 2. The Bertz CT molecular complexity index is 813. The summed E-state index contributed by atoms with van der Waals surface area (Å²) in [5, 5.41) is 19.5. The van der Waals surface area contributed by atoms with Crippen LogP contribution in [0.15, 0.2) is 48.5 Å². The normalized spacial score (nSPS) is 10.7. The average molecular weight is 448 g/mol. The zero-order valence-electron chi connectivity index (χ0n) is 15.8. The first-order valence-corrected chi connectivity index (χ1v) is 9.14. The van der Waals surface area contributed by atoms with E-state index in [1.54, 1.807) is 0 Å². The summed E-state index contributed by atoms with van der Waals surface area (Å²) in [6.45, 7) is 1.73. The Kier molecular flexibility index (Phi) is 10.7. The molecule has 6 nitrogen and oxygen atoms in total. The fraction of sp³-hybridized carbons (Fsp3) is 0.300. The molecule has 3 N–H and O–H groups in total. The van der Waals surface area contributed by atoms with Gasteiger partial charge >= 0.3 is 18.1 Å². The minimum Gasteiger partial charge on any atom is -0.489 e. The van der Waals surface area contributed by atoms with Gasteiger partial charge in [-0.15, -0.1) is 0 Å². The van der Waals surface area contributed by atoms with Gasteiger partial charge in [0.1, 0.15) is 12.4 Å². The first kappa shape index (κ1) is 25.3. The number of alkyl halides is 3. The highest BCUT2D eigenvalue weighted by atomic mass is 35.5. The summed E-state index contributed by atoms with van der Waals surface area (Å²) >= 11 is 5.86. The van der Waals surface area contributed by atoms with E-state index in [1.165, 1.54) is 0 Å². The second-order valence-corrected chi connectivity index (χ2v) is 6.45. The molecule has 0 radical (unpaired) electrons. The van der Waals surface area contributed by atoms with Gasteiger partial charge in [0.05, 0.1) is 6.42 Å². The van der Waals surface area contributed by atoms with Crippen LogP contribution in [-0.4, -0.2) is 41.4 Å². The van der Waals surface area contributed by atoms with Crippen LogP contribution < -0.4 is 10.1 Å². The summed E-state index contributed by atoms with van der Waals surface area (Å²) in [6.07, 6.45) is -4.11. The van der Waals surface area contributed by atoms with E-state index in [0.29, 0.717) is 18.2 Å². The lowest BCUT2D eigenvalue weighted by Crippen LogP contribution is -2.21. The van der Waals surface area contributed by atoms with Gasteiger partial charge < -0.3 is 20.3 Å². The van der Waals surface area contributed by atoms with Crippen molar-refractivity contribution in [2.75, 3.05) is 13.1 Å². The smallest absolute Gasteiger partial charge is 0.489 e. The molecule has 0 spiro atoms. The van der Waals surface area contributed by atoms with Crippen LogP contribution >= 0.6 is 11.6 Å². The number of hydrogen-bond donors (Lipinski definition) is 3. The van der Waals surface area contributed by atoms with Gasteiger partial charge in [0.25, 0.3) is 0 Å². The van der Waals surface area contributed by atoms with Gasteiger partial charge in [-0.3, -0.25) is 4.79 Å². The molecule has 164 valence electrons. The summed E-state index contributed by atoms with van der Waals surface area (Å²) in [7, 11) is 0. The standard InChI is InChI=1S/C18H20ClNO3.C2HF3O2/c19-16-6-4-15(5-7-16)13-23-17-3-1-2-14(12-17)8-10-20-11-9-18(21)22;3-2(4,5)1(6)7/h1-7,12,20H,8-11,13H2,(H,21,22);(H,6,7). The van der Waals surface area contributed by atoms with Gasteiger partial charge in [-0.1, -0.05) is 35.9 Å².